The molecule has 0 N–H and O–H groups in total. The van der Waals surface area contributed by atoms with Gasteiger partial charge in [0.1, 0.15) is 0 Å². The Labute approximate surface area is 113 Å². The highest BCUT2D eigenvalue weighted by molar-refractivity contribution is 5.93. The van der Waals surface area contributed by atoms with Crippen LogP contribution in [0.3, 0.4) is 0 Å². The predicted octanol–water partition coefficient (Wildman–Crippen LogP) is 2.98. The summed E-state index contributed by atoms with van der Waals surface area (Å²) in [6.45, 7) is 0.679. The first-order valence-electron chi connectivity index (χ1n) is 5.56. The lowest BCUT2D eigenvalue weighted by Gasteiger charge is -1.98. The normalized spacial score (nSPS) is 10.2. The highest BCUT2D eigenvalue weighted by atomic mass is 35.5. The molecule has 0 bridgehead atoms. The fourth-order valence-corrected chi connectivity index (χ4v) is 1.49. The molecule has 94 valence electrons. The van der Waals surface area contributed by atoms with Gasteiger partial charge in [-0.05, 0) is 11.6 Å². The van der Waals surface area contributed by atoms with E-state index < -0.39 is 0 Å². The Balaban J connectivity index is 0.00000162. The number of carbonyl (C=O) groups is 1. The van der Waals surface area contributed by atoms with Crippen molar-refractivity contribution in [2.45, 2.75) is 13.0 Å². The number of hydrogen-bond acceptors (Lipinski definition) is 2. The summed E-state index contributed by atoms with van der Waals surface area (Å²) in [7, 11) is 0. The van der Waals surface area contributed by atoms with E-state index in [2.05, 4.69) is 4.98 Å². The van der Waals surface area contributed by atoms with Crippen LogP contribution < -0.4 is 0 Å². The van der Waals surface area contributed by atoms with Gasteiger partial charge in [0, 0.05) is 25.4 Å². The minimum atomic E-state index is 0. The van der Waals surface area contributed by atoms with Crippen molar-refractivity contribution in [1.82, 2.24) is 9.55 Å². The zero-order chi connectivity index (χ0) is 11.9. The molecule has 0 aliphatic carbocycles. The summed E-state index contributed by atoms with van der Waals surface area (Å²) in [5, 5.41) is 0. The van der Waals surface area contributed by atoms with Crippen molar-refractivity contribution in [3.8, 4) is 0 Å². The number of carbonyl (C=O) groups excluding carboxylic acids is 1. The topological polar surface area (TPSA) is 34.9 Å². The predicted molar refractivity (Wildman–Crippen MR) is 74.6 cm³/mol. The highest BCUT2D eigenvalue weighted by Gasteiger charge is 1.97. The average molecular weight is 263 g/mol. The van der Waals surface area contributed by atoms with Gasteiger partial charge in [-0.3, -0.25) is 4.79 Å². The van der Waals surface area contributed by atoms with Gasteiger partial charge in [0.15, 0.2) is 5.78 Å². The number of halogens is 1. The van der Waals surface area contributed by atoms with E-state index >= 15 is 0 Å². The molecule has 0 unspecified atom stereocenters. The molecule has 2 aromatic rings. The van der Waals surface area contributed by atoms with Crippen LogP contribution in [0.25, 0.3) is 6.08 Å². The smallest absolute Gasteiger partial charge is 0.157 e. The van der Waals surface area contributed by atoms with Gasteiger partial charge in [0.05, 0.1) is 6.33 Å². The maximum atomic E-state index is 11.6. The van der Waals surface area contributed by atoms with Crippen molar-refractivity contribution in [3.63, 3.8) is 0 Å². The van der Waals surface area contributed by atoms with Crippen LogP contribution in [0.1, 0.15) is 12.0 Å². The van der Waals surface area contributed by atoms with Crippen molar-refractivity contribution in [1.29, 1.82) is 0 Å². The third kappa shape index (κ3) is 4.55. The van der Waals surface area contributed by atoms with Crippen molar-refractivity contribution in [2.75, 3.05) is 0 Å². The number of hydrogen-bond donors (Lipinski definition) is 0. The summed E-state index contributed by atoms with van der Waals surface area (Å²) < 4.78 is 1.90. The van der Waals surface area contributed by atoms with E-state index in [1.54, 1.807) is 18.6 Å². The van der Waals surface area contributed by atoms with Gasteiger partial charge in [-0.25, -0.2) is 4.98 Å². The number of aromatic nitrogens is 2. The van der Waals surface area contributed by atoms with Gasteiger partial charge in [-0.1, -0.05) is 36.4 Å². The molecule has 1 aromatic heterocycles. The largest absolute Gasteiger partial charge is 0.337 e. The van der Waals surface area contributed by atoms with Gasteiger partial charge in [0.25, 0.3) is 0 Å². The lowest BCUT2D eigenvalue weighted by atomic mass is 10.2. The molecular formula is C14H15ClN2O. The fourth-order valence-electron chi connectivity index (χ4n) is 1.49. The molecule has 0 amide bonds. The van der Waals surface area contributed by atoms with Gasteiger partial charge in [-0.15, -0.1) is 12.4 Å². The summed E-state index contributed by atoms with van der Waals surface area (Å²) in [6, 6.07) is 9.81. The first kappa shape index (κ1) is 14.2. The quantitative estimate of drug-likeness (QED) is 0.777. The first-order valence-corrected chi connectivity index (χ1v) is 5.56. The number of imidazole rings is 1. The lowest BCUT2D eigenvalue weighted by Crippen LogP contribution is -2.01. The van der Waals surface area contributed by atoms with Crippen LogP contribution in [0.4, 0.5) is 0 Å². The molecule has 0 atom stereocenters. The lowest BCUT2D eigenvalue weighted by molar-refractivity contribution is -0.114. The van der Waals surface area contributed by atoms with Crippen LogP contribution in [-0.2, 0) is 11.3 Å². The molecule has 0 fully saturated rings. The number of ketones is 1. The molecule has 0 aliphatic rings. The standard InChI is InChI=1S/C14H14N2O.ClH/c17-14(8-10-16-11-9-15-12-16)7-6-13-4-2-1-3-5-13;/h1-7,9,11-12H,8,10H2;1H/b7-6+;. The molecule has 1 aromatic carbocycles. The molecular weight excluding hydrogens is 248 g/mol. The molecule has 4 heteroatoms. The third-order valence-electron chi connectivity index (χ3n) is 2.44. The maximum absolute atomic E-state index is 11.6. The van der Waals surface area contributed by atoms with Crippen LogP contribution in [0.5, 0.6) is 0 Å². The van der Waals surface area contributed by atoms with Crippen molar-refractivity contribution >= 4 is 24.3 Å². The molecule has 0 spiro atoms. The van der Waals surface area contributed by atoms with E-state index in [-0.39, 0.29) is 18.2 Å². The van der Waals surface area contributed by atoms with Crippen LogP contribution >= 0.6 is 12.4 Å². The number of rotatable bonds is 5. The average Bonchev–Trinajstić information content (AvgIpc) is 2.88. The second-order valence-electron chi connectivity index (χ2n) is 3.76. The van der Waals surface area contributed by atoms with Crippen LogP contribution in [-0.4, -0.2) is 15.3 Å². The van der Waals surface area contributed by atoms with E-state index in [1.807, 2.05) is 47.2 Å². The molecule has 0 saturated heterocycles. The van der Waals surface area contributed by atoms with Gasteiger partial charge < -0.3 is 4.57 Å². The van der Waals surface area contributed by atoms with Gasteiger partial charge >= 0.3 is 0 Å². The second kappa shape index (κ2) is 7.45. The second-order valence-corrected chi connectivity index (χ2v) is 3.76. The highest BCUT2D eigenvalue weighted by Crippen LogP contribution is 2.02. The van der Waals surface area contributed by atoms with Crippen molar-refractivity contribution < 1.29 is 4.79 Å². The van der Waals surface area contributed by atoms with E-state index in [0.717, 1.165) is 5.56 Å². The van der Waals surface area contributed by atoms with Crippen LogP contribution in [0, 0.1) is 0 Å². The monoisotopic (exact) mass is 262 g/mol. The van der Waals surface area contributed by atoms with Crippen LogP contribution in [0.15, 0.2) is 55.1 Å². The zero-order valence-corrected chi connectivity index (χ0v) is 10.7. The third-order valence-corrected chi connectivity index (χ3v) is 2.44. The summed E-state index contributed by atoms with van der Waals surface area (Å²) in [4.78, 5) is 15.5. The van der Waals surface area contributed by atoms with Gasteiger partial charge in [-0.2, -0.15) is 0 Å². The fraction of sp³-hybridized carbons (Fsp3) is 0.143. The Kier molecular flexibility index (Phi) is 5.88. The Morgan fingerprint density at radius 2 is 2.06 bits per heavy atom. The Morgan fingerprint density at radius 3 is 2.72 bits per heavy atom. The Morgan fingerprint density at radius 1 is 1.28 bits per heavy atom. The number of benzene rings is 1. The number of aryl methyl sites for hydroxylation is 1. The summed E-state index contributed by atoms with van der Waals surface area (Å²) in [5.74, 6) is 0.127. The Hall–Kier alpha value is -1.87. The SMILES string of the molecule is Cl.O=C(/C=C/c1ccccc1)CCn1ccnc1. The molecule has 0 aliphatic heterocycles. The summed E-state index contributed by atoms with van der Waals surface area (Å²) in [6.07, 6.45) is 9.26. The van der Waals surface area contributed by atoms with Crippen molar-refractivity contribution in [3.05, 3.63) is 60.7 Å². The van der Waals surface area contributed by atoms with E-state index in [4.69, 9.17) is 0 Å². The number of allylic oxidation sites excluding steroid dienone is 1. The zero-order valence-electron chi connectivity index (χ0n) is 9.90. The molecule has 1 heterocycles. The Bertz CT molecular complexity index is 492. The first-order chi connectivity index (χ1) is 8.34. The van der Waals surface area contributed by atoms with Gasteiger partial charge in [0.2, 0.25) is 0 Å². The summed E-state index contributed by atoms with van der Waals surface area (Å²) in [5.41, 5.74) is 1.04. The minimum absolute atomic E-state index is 0. The van der Waals surface area contributed by atoms with Crippen molar-refractivity contribution in [2.24, 2.45) is 0 Å². The van der Waals surface area contributed by atoms with E-state index in [0.29, 0.717) is 13.0 Å². The minimum Gasteiger partial charge on any atom is -0.337 e. The maximum Gasteiger partial charge on any atom is 0.157 e. The number of nitrogens with zero attached hydrogens (tertiary/aromatic N) is 2. The molecule has 18 heavy (non-hydrogen) atoms. The molecule has 3 nitrogen and oxygen atoms in total. The molecule has 0 radical (unpaired) electrons. The molecule has 2 rings (SSSR count). The summed E-state index contributed by atoms with van der Waals surface area (Å²) >= 11 is 0. The molecule has 0 saturated carbocycles. The van der Waals surface area contributed by atoms with Crippen LogP contribution in [0.2, 0.25) is 0 Å². The van der Waals surface area contributed by atoms with E-state index in [9.17, 15) is 4.79 Å². The van der Waals surface area contributed by atoms with E-state index in [1.165, 1.54) is 0 Å².